The molecule has 5 nitrogen and oxygen atoms in total. The summed E-state index contributed by atoms with van der Waals surface area (Å²) in [6, 6.07) is 15.8. The summed E-state index contributed by atoms with van der Waals surface area (Å²) in [5.41, 5.74) is 1.28. The Hall–Kier alpha value is -2.84. The maximum absolute atomic E-state index is 12.4. The molecule has 4 rings (SSSR count). The number of fused-ring (bicyclic) bond motifs is 1. The third-order valence-corrected chi connectivity index (χ3v) is 5.63. The van der Waals surface area contributed by atoms with Crippen molar-refractivity contribution in [1.29, 1.82) is 5.26 Å². The Morgan fingerprint density at radius 2 is 1.70 bits per heavy atom. The lowest BCUT2D eigenvalue weighted by atomic mass is 10.0. The topological polar surface area (TPSA) is 73.6 Å². The normalized spacial score (nSPS) is 24.3. The van der Waals surface area contributed by atoms with Crippen molar-refractivity contribution in [2.24, 2.45) is 11.8 Å². The van der Waals surface area contributed by atoms with Crippen molar-refractivity contribution in [2.75, 3.05) is 19.6 Å². The van der Waals surface area contributed by atoms with Crippen LogP contribution in [0, 0.1) is 23.2 Å². The molecule has 0 radical (unpaired) electrons. The summed E-state index contributed by atoms with van der Waals surface area (Å²) in [5, 5.41) is 18.2. The average molecular weight is 362 g/mol. The SMILES string of the molecule is N#Cc1ccc(O[C@H]2C[C@@H]3CN(CC(=O)c4ccc(O)cc4)C[C@@H]3C2)cc1. The molecule has 1 N–H and O–H groups in total. The number of phenols is 1. The van der Waals surface area contributed by atoms with Gasteiger partial charge < -0.3 is 9.84 Å². The summed E-state index contributed by atoms with van der Waals surface area (Å²) in [4.78, 5) is 14.7. The van der Waals surface area contributed by atoms with Gasteiger partial charge in [0.2, 0.25) is 0 Å². The fraction of sp³-hybridized carbons (Fsp3) is 0.364. The van der Waals surface area contributed by atoms with Gasteiger partial charge in [-0.1, -0.05) is 0 Å². The van der Waals surface area contributed by atoms with Crippen molar-refractivity contribution >= 4 is 5.78 Å². The summed E-state index contributed by atoms with van der Waals surface area (Å²) in [7, 11) is 0. The molecule has 0 spiro atoms. The van der Waals surface area contributed by atoms with Gasteiger partial charge in [-0.15, -0.1) is 0 Å². The van der Waals surface area contributed by atoms with Crippen molar-refractivity contribution in [3.8, 4) is 17.6 Å². The second kappa shape index (κ2) is 7.42. The molecule has 2 aliphatic rings. The number of nitriles is 1. The first kappa shape index (κ1) is 17.6. The van der Waals surface area contributed by atoms with E-state index in [9.17, 15) is 9.90 Å². The minimum absolute atomic E-state index is 0.0976. The standard InChI is InChI=1S/C22H22N2O3/c23-11-15-1-7-20(8-2-15)27-21-9-17-12-24(13-18(17)10-21)14-22(26)16-3-5-19(25)6-4-16/h1-8,17-18,21,25H,9-10,12-14H2/t17-,18+,21+. The number of carbonyl (C=O) groups excluding carboxylic acids is 1. The minimum atomic E-state index is 0.0976. The zero-order chi connectivity index (χ0) is 18.8. The lowest BCUT2D eigenvalue weighted by Gasteiger charge is -2.19. The molecule has 1 saturated carbocycles. The van der Waals surface area contributed by atoms with E-state index in [0.29, 0.717) is 29.5 Å². The number of ether oxygens (including phenoxy) is 1. The molecular formula is C22H22N2O3. The van der Waals surface area contributed by atoms with E-state index >= 15 is 0 Å². The van der Waals surface area contributed by atoms with Gasteiger partial charge in [0.05, 0.1) is 24.3 Å². The van der Waals surface area contributed by atoms with E-state index in [0.717, 1.165) is 31.7 Å². The van der Waals surface area contributed by atoms with Gasteiger partial charge in [0.1, 0.15) is 11.5 Å². The quantitative estimate of drug-likeness (QED) is 0.827. The summed E-state index contributed by atoms with van der Waals surface area (Å²) in [6.07, 6.45) is 2.23. The average Bonchev–Trinajstić information content (AvgIpc) is 3.20. The Kier molecular flexibility index (Phi) is 4.83. The molecule has 1 saturated heterocycles. The Bertz CT molecular complexity index is 841. The molecule has 2 aromatic carbocycles. The monoisotopic (exact) mass is 362 g/mol. The van der Waals surface area contributed by atoms with Crippen molar-refractivity contribution in [1.82, 2.24) is 4.90 Å². The van der Waals surface area contributed by atoms with E-state index in [1.54, 1.807) is 36.4 Å². The fourth-order valence-corrected chi connectivity index (χ4v) is 4.31. The van der Waals surface area contributed by atoms with Crippen LogP contribution in [0.3, 0.4) is 0 Å². The predicted octanol–water partition coefficient (Wildman–Crippen LogP) is 3.24. The third kappa shape index (κ3) is 3.96. The van der Waals surface area contributed by atoms with Gasteiger partial charge in [0.15, 0.2) is 5.78 Å². The van der Waals surface area contributed by atoms with Gasteiger partial charge in [-0.25, -0.2) is 0 Å². The largest absolute Gasteiger partial charge is 0.508 e. The van der Waals surface area contributed by atoms with Crippen molar-refractivity contribution in [3.63, 3.8) is 0 Å². The zero-order valence-electron chi connectivity index (χ0n) is 15.0. The van der Waals surface area contributed by atoms with Crippen LogP contribution in [-0.2, 0) is 0 Å². The molecule has 3 atom stereocenters. The number of phenolic OH excluding ortho intramolecular Hbond substituents is 1. The van der Waals surface area contributed by atoms with Crippen molar-refractivity contribution in [3.05, 3.63) is 59.7 Å². The highest BCUT2D eigenvalue weighted by Crippen LogP contribution is 2.39. The Morgan fingerprint density at radius 1 is 1.07 bits per heavy atom. The number of Topliss-reactive ketones (excluding diaryl/α,β-unsaturated/α-hetero) is 1. The van der Waals surface area contributed by atoms with E-state index in [4.69, 9.17) is 10.00 Å². The first-order valence-electron chi connectivity index (χ1n) is 9.32. The molecule has 1 heterocycles. The molecule has 2 aromatic rings. The second-order valence-corrected chi connectivity index (χ2v) is 7.53. The minimum Gasteiger partial charge on any atom is -0.508 e. The van der Waals surface area contributed by atoms with E-state index in [1.165, 1.54) is 0 Å². The smallest absolute Gasteiger partial charge is 0.176 e. The molecule has 27 heavy (non-hydrogen) atoms. The van der Waals surface area contributed by atoms with Gasteiger partial charge in [0.25, 0.3) is 0 Å². The van der Waals surface area contributed by atoms with Crippen molar-refractivity contribution < 1.29 is 14.6 Å². The van der Waals surface area contributed by atoms with Crippen LogP contribution in [0.4, 0.5) is 0 Å². The number of carbonyl (C=O) groups is 1. The van der Waals surface area contributed by atoms with Gasteiger partial charge >= 0.3 is 0 Å². The van der Waals surface area contributed by atoms with Crippen LogP contribution >= 0.6 is 0 Å². The number of benzene rings is 2. The molecule has 0 aromatic heterocycles. The Morgan fingerprint density at radius 3 is 2.30 bits per heavy atom. The van der Waals surface area contributed by atoms with E-state index in [2.05, 4.69) is 11.0 Å². The van der Waals surface area contributed by atoms with Crippen LogP contribution < -0.4 is 4.74 Å². The molecule has 1 aliphatic carbocycles. The second-order valence-electron chi connectivity index (χ2n) is 7.53. The highest BCUT2D eigenvalue weighted by molar-refractivity contribution is 5.97. The molecule has 0 amide bonds. The van der Waals surface area contributed by atoms with Crippen LogP contribution in [0.2, 0.25) is 0 Å². The number of nitrogens with zero attached hydrogens (tertiary/aromatic N) is 2. The number of rotatable bonds is 5. The van der Waals surface area contributed by atoms with Crippen LogP contribution in [0.1, 0.15) is 28.8 Å². The van der Waals surface area contributed by atoms with Crippen LogP contribution in [0.15, 0.2) is 48.5 Å². The van der Waals surface area contributed by atoms with Gasteiger partial charge in [-0.3, -0.25) is 9.69 Å². The lowest BCUT2D eigenvalue weighted by molar-refractivity contribution is 0.0936. The first-order valence-corrected chi connectivity index (χ1v) is 9.32. The van der Waals surface area contributed by atoms with Crippen LogP contribution in [0.5, 0.6) is 11.5 Å². The van der Waals surface area contributed by atoms with Gasteiger partial charge in [-0.2, -0.15) is 5.26 Å². The lowest BCUT2D eigenvalue weighted by Crippen LogP contribution is -2.30. The summed E-state index contributed by atoms with van der Waals surface area (Å²) in [5.74, 6) is 2.23. The zero-order valence-corrected chi connectivity index (χ0v) is 15.0. The molecule has 5 heteroatoms. The van der Waals surface area contributed by atoms with E-state index in [-0.39, 0.29) is 17.6 Å². The molecule has 138 valence electrons. The molecule has 1 aliphatic heterocycles. The van der Waals surface area contributed by atoms with Gasteiger partial charge in [-0.05, 0) is 73.2 Å². The molecule has 0 bridgehead atoms. The highest BCUT2D eigenvalue weighted by atomic mass is 16.5. The van der Waals surface area contributed by atoms with Crippen molar-refractivity contribution in [2.45, 2.75) is 18.9 Å². The molecule has 0 unspecified atom stereocenters. The maximum Gasteiger partial charge on any atom is 0.176 e. The third-order valence-electron chi connectivity index (χ3n) is 5.63. The number of hydrogen-bond donors (Lipinski definition) is 1. The fourth-order valence-electron chi connectivity index (χ4n) is 4.31. The number of ketones is 1. The first-order chi connectivity index (χ1) is 13.1. The van der Waals surface area contributed by atoms with Gasteiger partial charge in [0, 0.05) is 18.7 Å². The van der Waals surface area contributed by atoms with E-state index < -0.39 is 0 Å². The molecular weight excluding hydrogens is 340 g/mol. The number of likely N-dealkylation sites (tertiary alicyclic amines) is 1. The highest BCUT2D eigenvalue weighted by Gasteiger charge is 2.42. The van der Waals surface area contributed by atoms with E-state index in [1.807, 2.05) is 12.1 Å². The Balaban J connectivity index is 1.28. The summed E-state index contributed by atoms with van der Waals surface area (Å²) in [6.45, 7) is 2.29. The van der Waals surface area contributed by atoms with Crippen LogP contribution in [0.25, 0.3) is 0 Å². The maximum atomic E-state index is 12.4. The molecule has 2 fully saturated rings. The number of aromatic hydroxyl groups is 1. The number of hydrogen-bond acceptors (Lipinski definition) is 5. The summed E-state index contributed by atoms with van der Waals surface area (Å²) < 4.78 is 6.09. The Labute approximate surface area is 158 Å². The summed E-state index contributed by atoms with van der Waals surface area (Å²) >= 11 is 0. The van der Waals surface area contributed by atoms with Crippen LogP contribution in [-0.4, -0.2) is 41.5 Å². The predicted molar refractivity (Wildman–Crippen MR) is 101 cm³/mol.